The van der Waals surface area contributed by atoms with Crippen LogP contribution in [0.25, 0.3) is 0 Å². The second-order valence-corrected chi connectivity index (χ2v) is 7.59. The fourth-order valence-corrected chi connectivity index (χ4v) is 5.14. The van der Waals surface area contributed by atoms with Crippen molar-refractivity contribution in [2.75, 3.05) is 5.88 Å². The Labute approximate surface area is 110 Å². The fourth-order valence-electron chi connectivity index (χ4n) is 4.70. The Hall–Kier alpha value is 0.250. The summed E-state index contributed by atoms with van der Waals surface area (Å²) in [5.41, 5.74) is 0.533. The van der Waals surface area contributed by atoms with Crippen LogP contribution in [0.15, 0.2) is 0 Å². The van der Waals surface area contributed by atoms with Crippen molar-refractivity contribution in [3.63, 3.8) is 0 Å². The largest absolute Gasteiger partial charge is 0.372 e. The van der Waals surface area contributed by atoms with E-state index in [9.17, 15) is 0 Å². The van der Waals surface area contributed by atoms with E-state index in [2.05, 4.69) is 13.8 Å². The molecule has 1 nitrogen and oxygen atoms in total. The van der Waals surface area contributed by atoms with Gasteiger partial charge in [-0.15, -0.1) is 11.6 Å². The Morgan fingerprint density at radius 3 is 2.53 bits per heavy atom. The van der Waals surface area contributed by atoms with E-state index in [-0.39, 0.29) is 5.60 Å². The van der Waals surface area contributed by atoms with Gasteiger partial charge in [-0.3, -0.25) is 0 Å². The van der Waals surface area contributed by atoms with E-state index >= 15 is 0 Å². The zero-order valence-corrected chi connectivity index (χ0v) is 11.9. The summed E-state index contributed by atoms with van der Waals surface area (Å²) in [6.07, 6.45) is 9.86. The molecule has 0 spiro atoms. The molecule has 2 heteroatoms. The van der Waals surface area contributed by atoms with Gasteiger partial charge in [-0.2, -0.15) is 0 Å². The maximum atomic E-state index is 6.35. The summed E-state index contributed by atoms with van der Waals surface area (Å²) in [5.74, 6) is 2.74. The molecule has 2 saturated carbocycles. The number of hydrogen-bond acceptors (Lipinski definition) is 1. The van der Waals surface area contributed by atoms with Crippen LogP contribution in [0.2, 0.25) is 0 Å². The van der Waals surface area contributed by atoms with Crippen molar-refractivity contribution >= 4 is 11.6 Å². The van der Waals surface area contributed by atoms with Crippen LogP contribution in [0.5, 0.6) is 0 Å². The van der Waals surface area contributed by atoms with E-state index in [1.165, 1.54) is 44.9 Å². The molecule has 2 bridgehead atoms. The predicted octanol–water partition coefficient (Wildman–Crippen LogP) is 4.38. The quantitative estimate of drug-likeness (QED) is 0.681. The van der Waals surface area contributed by atoms with Crippen molar-refractivity contribution < 1.29 is 4.74 Å². The monoisotopic (exact) mass is 256 g/mol. The summed E-state index contributed by atoms with van der Waals surface area (Å²) in [6.45, 7) is 4.45. The lowest BCUT2D eigenvalue weighted by Gasteiger charge is -2.38. The minimum Gasteiger partial charge on any atom is -0.372 e. The highest BCUT2D eigenvalue weighted by molar-refractivity contribution is 6.18. The number of rotatable bonds is 3. The molecule has 3 aliphatic rings. The van der Waals surface area contributed by atoms with Crippen molar-refractivity contribution in [1.29, 1.82) is 0 Å². The maximum Gasteiger partial charge on any atom is 0.0631 e. The van der Waals surface area contributed by atoms with E-state index in [0.29, 0.717) is 11.5 Å². The number of halogens is 1. The van der Waals surface area contributed by atoms with Gasteiger partial charge in [0.2, 0.25) is 0 Å². The van der Waals surface area contributed by atoms with Gasteiger partial charge < -0.3 is 4.74 Å². The molecule has 0 aromatic carbocycles. The van der Waals surface area contributed by atoms with Crippen molar-refractivity contribution in [2.45, 2.75) is 70.5 Å². The molecule has 3 fully saturated rings. The van der Waals surface area contributed by atoms with Gasteiger partial charge in [-0.25, -0.2) is 0 Å². The number of alkyl halides is 1. The number of fused-ring (bicyclic) bond motifs is 2. The van der Waals surface area contributed by atoms with E-state index in [1.54, 1.807) is 0 Å². The van der Waals surface area contributed by atoms with Crippen LogP contribution in [0.1, 0.15) is 58.8 Å². The van der Waals surface area contributed by atoms with Crippen LogP contribution >= 0.6 is 11.6 Å². The molecule has 0 aromatic heterocycles. The SMILES string of the molecule is CC1(C)CCC(CC2(CCl)CC3CCC2C3)O1. The highest BCUT2D eigenvalue weighted by Gasteiger charge is 2.52. The number of hydrogen-bond donors (Lipinski definition) is 0. The van der Waals surface area contributed by atoms with Gasteiger partial charge in [-0.05, 0) is 69.6 Å². The van der Waals surface area contributed by atoms with E-state index in [4.69, 9.17) is 16.3 Å². The van der Waals surface area contributed by atoms with Crippen LogP contribution in [-0.4, -0.2) is 17.6 Å². The van der Waals surface area contributed by atoms with Gasteiger partial charge in [0.25, 0.3) is 0 Å². The Morgan fingerprint density at radius 1 is 1.24 bits per heavy atom. The standard InChI is InChI=1S/C15H25ClO/c1-14(2)6-5-13(17-14)9-15(10-16)8-11-3-4-12(15)7-11/h11-13H,3-10H2,1-2H3. The molecular weight excluding hydrogens is 232 g/mol. The smallest absolute Gasteiger partial charge is 0.0631 e. The molecule has 1 heterocycles. The minimum absolute atomic E-state index is 0.107. The van der Waals surface area contributed by atoms with Gasteiger partial charge in [0, 0.05) is 5.88 Å². The third kappa shape index (κ3) is 2.14. The first kappa shape index (κ1) is 12.3. The van der Waals surface area contributed by atoms with Crippen LogP contribution in [0, 0.1) is 17.3 Å². The van der Waals surface area contributed by atoms with Crippen LogP contribution in [0.4, 0.5) is 0 Å². The Bertz CT molecular complexity index is 301. The maximum absolute atomic E-state index is 6.35. The molecule has 1 saturated heterocycles. The molecule has 0 amide bonds. The van der Waals surface area contributed by atoms with Gasteiger partial charge in [0.15, 0.2) is 0 Å². The van der Waals surface area contributed by atoms with Gasteiger partial charge in [0.1, 0.15) is 0 Å². The normalized spacial score (nSPS) is 47.8. The molecule has 0 N–H and O–H groups in total. The Balaban J connectivity index is 1.67. The zero-order chi connectivity index (χ0) is 12.1. The van der Waals surface area contributed by atoms with Crippen molar-refractivity contribution in [1.82, 2.24) is 0 Å². The summed E-state index contributed by atoms with van der Waals surface area (Å²) in [4.78, 5) is 0. The van der Waals surface area contributed by atoms with Crippen molar-refractivity contribution in [3.8, 4) is 0 Å². The lowest BCUT2D eigenvalue weighted by atomic mass is 9.71. The Kier molecular flexibility index (Phi) is 2.99. The van der Waals surface area contributed by atoms with Crippen molar-refractivity contribution in [2.24, 2.45) is 17.3 Å². The summed E-state index contributed by atoms with van der Waals surface area (Å²) >= 11 is 6.35. The third-order valence-electron chi connectivity index (χ3n) is 5.56. The highest BCUT2D eigenvalue weighted by Crippen LogP contribution is 2.59. The molecule has 3 rings (SSSR count). The summed E-state index contributed by atoms with van der Waals surface area (Å²) < 4.78 is 6.19. The summed E-state index contributed by atoms with van der Waals surface area (Å²) in [6, 6.07) is 0. The van der Waals surface area contributed by atoms with Gasteiger partial charge in [0.05, 0.1) is 11.7 Å². The van der Waals surface area contributed by atoms with Gasteiger partial charge >= 0.3 is 0 Å². The second kappa shape index (κ2) is 4.13. The third-order valence-corrected chi connectivity index (χ3v) is 6.09. The molecule has 17 heavy (non-hydrogen) atoms. The average Bonchev–Trinajstić information content (AvgIpc) is 2.93. The van der Waals surface area contributed by atoms with E-state index in [0.717, 1.165) is 17.7 Å². The fraction of sp³-hybridized carbons (Fsp3) is 1.00. The predicted molar refractivity (Wildman–Crippen MR) is 71.4 cm³/mol. The van der Waals surface area contributed by atoms with Crippen LogP contribution < -0.4 is 0 Å². The Morgan fingerprint density at radius 2 is 2.06 bits per heavy atom. The molecular formula is C15H25ClO. The van der Waals surface area contributed by atoms with E-state index in [1.807, 2.05) is 0 Å². The number of ether oxygens (including phenoxy) is 1. The first-order valence-corrected chi connectivity index (χ1v) is 7.80. The lowest BCUT2D eigenvalue weighted by molar-refractivity contribution is -0.0404. The van der Waals surface area contributed by atoms with Gasteiger partial charge in [-0.1, -0.05) is 6.42 Å². The summed E-state index contributed by atoms with van der Waals surface area (Å²) in [7, 11) is 0. The second-order valence-electron chi connectivity index (χ2n) is 7.32. The molecule has 1 aliphatic heterocycles. The first-order chi connectivity index (χ1) is 8.03. The average molecular weight is 257 g/mol. The first-order valence-electron chi connectivity index (χ1n) is 7.27. The van der Waals surface area contributed by atoms with Crippen molar-refractivity contribution in [3.05, 3.63) is 0 Å². The lowest BCUT2D eigenvalue weighted by Crippen LogP contribution is -2.34. The molecule has 0 radical (unpaired) electrons. The molecule has 4 atom stereocenters. The topological polar surface area (TPSA) is 9.23 Å². The molecule has 2 aliphatic carbocycles. The highest BCUT2D eigenvalue weighted by atomic mass is 35.5. The minimum atomic E-state index is 0.107. The molecule has 0 aromatic rings. The molecule has 4 unspecified atom stereocenters. The van der Waals surface area contributed by atoms with Crippen LogP contribution in [-0.2, 0) is 4.74 Å². The zero-order valence-electron chi connectivity index (χ0n) is 11.2. The van der Waals surface area contributed by atoms with Crippen LogP contribution in [0.3, 0.4) is 0 Å². The molecule has 98 valence electrons. The van der Waals surface area contributed by atoms with E-state index < -0.39 is 0 Å². The summed E-state index contributed by atoms with van der Waals surface area (Å²) in [5, 5.41) is 0.